The molecule has 1 heterocycles. The van der Waals surface area contributed by atoms with Gasteiger partial charge in [0, 0.05) is 32.6 Å². The third-order valence-electron chi connectivity index (χ3n) is 17.9. The van der Waals surface area contributed by atoms with Gasteiger partial charge in [-0.15, -0.1) is 0 Å². The largest absolute Gasteiger partial charge is 0.462 e. The fourth-order valence-electron chi connectivity index (χ4n) is 14.4. The third kappa shape index (κ3) is 9.13. The van der Waals surface area contributed by atoms with Gasteiger partial charge in [0.05, 0.1) is 17.7 Å². The van der Waals surface area contributed by atoms with Gasteiger partial charge in [-0.2, -0.15) is 0 Å². The average molecular weight is 846 g/mol. The highest BCUT2D eigenvalue weighted by atomic mass is 16.7. The molecule has 5 aliphatic rings. The number of esters is 3. The van der Waals surface area contributed by atoms with Crippen LogP contribution in [-0.4, -0.2) is 84.3 Å². The second-order valence-electron chi connectivity index (χ2n) is 22.1. The molecule has 60 heavy (non-hydrogen) atoms. The van der Waals surface area contributed by atoms with Gasteiger partial charge in [0.15, 0.2) is 18.2 Å². The molecular formula is C49H83NO10. The molecule has 0 aromatic heterocycles. The van der Waals surface area contributed by atoms with E-state index in [1.165, 1.54) is 33.1 Å². The van der Waals surface area contributed by atoms with Crippen molar-refractivity contribution in [2.45, 2.75) is 210 Å². The smallest absolute Gasteiger partial charge is 0.303 e. The zero-order valence-corrected chi connectivity index (χ0v) is 39.8. The molecule has 2 N–H and O–H groups in total. The summed E-state index contributed by atoms with van der Waals surface area (Å²) in [6.45, 7) is 29.5. The second-order valence-corrected chi connectivity index (χ2v) is 22.1. The third-order valence-corrected chi connectivity index (χ3v) is 17.9. The van der Waals surface area contributed by atoms with Gasteiger partial charge >= 0.3 is 17.9 Å². The average Bonchev–Trinajstić information content (AvgIpc) is 3.54. The van der Waals surface area contributed by atoms with Crippen molar-refractivity contribution in [1.82, 2.24) is 5.32 Å². The summed E-state index contributed by atoms with van der Waals surface area (Å²) in [4.78, 5) is 51.0. The molecule has 1 aliphatic heterocycles. The number of aliphatic hydroxyl groups excluding tert-OH is 1. The lowest BCUT2D eigenvalue weighted by molar-refractivity contribution is -0.327. The summed E-state index contributed by atoms with van der Waals surface area (Å²) in [6.07, 6.45) is 6.56. The van der Waals surface area contributed by atoms with E-state index in [0.717, 1.165) is 25.7 Å². The van der Waals surface area contributed by atoms with Gasteiger partial charge in [0.1, 0.15) is 18.8 Å². The number of aliphatic hydroxyl groups is 1. The Labute approximate surface area is 362 Å². The highest BCUT2D eigenvalue weighted by molar-refractivity contribution is 5.84. The second kappa shape index (κ2) is 18.6. The lowest BCUT2D eigenvalue weighted by atomic mass is 9.34. The highest BCUT2D eigenvalue weighted by Crippen LogP contribution is 2.76. The molecule has 1 saturated heterocycles. The first-order chi connectivity index (χ1) is 27.9. The Morgan fingerprint density at radius 2 is 1.47 bits per heavy atom. The standard InChI is InChI=1S/C49H83NO10/c1-15-37-42(57-32(7)53)30(5)43(58-33(8)54)44(59-37)60-49(14,20-16-24-50-35(25-28(2)3)36(55)27-51)34-18-22-48(13)41(34)38(56-31(6)52)26-40-46(11)21-17-29(4)45(9,10)39(46)19-23-47(40,48)12/h28-30,34-35,37-44,50-51H,15-27H2,1-14H3/t29-,30-,34?,35-,37+,38?,39?,40?,41-,42-,43+,44+,46-,47+,48+,49-/m0/s1. The fourth-order valence-corrected chi connectivity index (χ4v) is 14.4. The molecule has 0 radical (unpaired) electrons. The Hall–Kier alpha value is -2.08. The molecule has 5 rings (SSSR count). The quantitative estimate of drug-likeness (QED) is 0.0875. The van der Waals surface area contributed by atoms with Crippen LogP contribution in [0.1, 0.15) is 168 Å². The van der Waals surface area contributed by atoms with Gasteiger partial charge in [0.2, 0.25) is 0 Å². The van der Waals surface area contributed by atoms with Gasteiger partial charge < -0.3 is 34.1 Å². The van der Waals surface area contributed by atoms with Crippen LogP contribution in [0.4, 0.5) is 0 Å². The first kappa shape index (κ1) is 48.9. The van der Waals surface area contributed by atoms with Crippen LogP contribution in [0.15, 0.2) is 0 Å². The number of carbonyl (C=O) groups excluding carboxylic acids is 4. The molecule has 11 heteroatoms. The molecule has 16 atom stereocenters. The van der Waals surface area contributed by atoms with Gasteiger partial charge in [-0.3, -0.25) is 19.2 Å². The Balaban J connectivity index is 1.56. The number of Topliss-reactive ketones (excluding diaryl/α,β-unsaturated/α-hetero) is 1. The topological polar surface area (TPSA) is 147 Å². The molecule has 0 bridgehead atoms. The molecular weight excluding hydrogens is 763 g/mol. The lowest BCUT2D eigenvalue weighted by Gasteiger charge is -2.71. The molecule has 0 amide bonds. The molecule has 11 nitrogen and oxygen atoms in total. The van der Waals surface area contributed by atoms with E-state index < -0.39 is 60.7 Å². The van der Waals surface area contributed by atoms with E-state index in [0.29, 0.717) is 50.0 Å². The number of nitrogens with one attached hydrogen (secondary N) is 1. The van der Waals surface area contributed by atoms with E-state index in [2.05, 4.69) is 67.6 Å². The Morgan fingerprint density at radius 1 is 0.850 bits per heavy atom. The SMILES string of the molecule is CC[C@H]1O[C@H](O[C@@](C)(CCCN[C@@H](CC(C)C)C(=O)CO)C2CC[C@]3(C)[C@@H]2C(OC(C)=O)CC2[C@@]4(C)CC[C@H](C)C(C)(C)C4CC[C@]23C)[C@H](OC(C)=O)[C@@H](C)[C@@H]1OC(C)=O. The summed E-state index contributed by atoms with van der Waals surface area (Å²) >= 11 is 0. The number of rotatable bonds is 16. The Morgan fingerprint density at radius 3 is 2.05 bits per heavy atom. The van der Waals surface area contributed by atoms with Gasteiger partial charge in [-0.05, 0) is 135 Å². The van der Waals surface area contributed by atoms with Crippen LogP contribution < -0.4 is 5.32 Å². The molecule has 4 saturated carbocycles. The minimum Gasteiger partial charge on any atom is -0.462 e. The molecule has 0 spiro atoms. The minimum atomic E-state index is -0.949. The zero-order valence-electron chi connectivity index (χ0n) is 39.8. The predicted molar refractivity (Wildman–Crippen MR) is 230 cm³/mol. The maximum atomic E-state index is 13.2. The normalized spacial score (nSPS) is 41.2. The van der Waals surface area contributed by atoms with Crippen molar-refractivity contribution < 1.29 is 48.0 Å². The van der Waals surface area contributed by atoms with E-state index in [4.69, 9.17) is 23.7 Å². The maximum Gasteiger partial charge on any atom is 0.303 e. The van der Waals surface area contributed by atoms with E-state index >= 15 is 0 Å². The number of hydrogen-bond acceptors (Lipinski definition) is 11. The van der Waals surface area contributed by atoms with Crippen molar-refractivity contribution >= 4 is 23.7 Å². The van der Waals surface area contributed by atoms with Crippen molar-refractivity contribution in [1.29, 1.82) is 0 Å². The number of ether oxygens (including phenoxy) is 5. The summed E-state index contributed by atoms with van der Waals surface area (Å²) in [5.41, 5.74) is -0.669. The van der Waals surface area contributed by atoms with Gasteiger partial charge in [-0.25, -0.2) is 0 Å². The van der Waals surface area contributed by atoms with Gasteiger partial charge in [-0.1, -0.05) is 69.2 Å². The fraction of sp³-hybridized carbons (Fsp3) is 0.918. The van der Waals surface area contributed by atoms with Crippen molar-refractivity contribution in [2.75, 3.05) is 13.2 Å². The van der Waals surface area contributed by atoms with Crippen LogP contribution >= 0.6 is 0 Å². The Kier molecular flexibility index (Phi) is 15.1. The monoisotopic (exact) mass is 846 g/mol. The van der Waals surface area contributed by atoms with Crippen molar-refractivity contribution in [3.05, 3.63) is 0 Å². The van der Waals surface area contributed by atoms with Gasteiger partial charge in [0.25, 0.3) is 0 Å². The first-order valence-electron chi connectivity index (χ1n) is 23.6. The van der Waals surface area contributed by atoms with Crippen molar-refractivity contribution in [3.8, 4) is 0 Å². The van der Waals surface area contributed by atoms with Crippen LogP contribution in [0.2, 0.25) is 0 Å². The summed E-state index contributed by atoms with van der Waals surface area (Å²) in [5.74, 6) is 0.0414. The summed E-state index contributed by atoms with van der Waals surface area (Å²) < 4.78 is 32.5. The molecule has 4 unspecified atom stereocenters. The number of hydrogen-bond donors (Lipinski definition) is 2. The maximum absolute atomic E-state index is 13.2. The van der Waals surface area contributed by atoms with E-state index in [1.54, 1.807) is 6.92 Å². The Bertz CT molecular complexity index is 1550. The predicted octanol–water partition coefficient (Wildman–Crippen LogP) is 8.60. The van der Waals surface area contributed by atoms with Crippen LogP contribution in [0.25, 0.3) is 0 Å². The van der Waals surface area contributed by atoms with E-state index in [-0.39, 0.29) is 57.3 Å². The summed E-state index contributed by atoms with van der Waals surface area (Å²) in [6, 6.07) is -0.454. The molecule has 4 aliphatic carbocycles. The lowest BCUT2D eigenvalue weighted by Crippen LogP contribution is -2.66. The first-order valence-corrected chi connectivity index (χ1v) is 23.6. The van der Waals surface area contributed by atoms with Crippen LogP contribution in [-0.2, 0) is 42.9 Å². The van der Waals surface area contributed by atoms with E-state index in [9.17, 15) is 24.3 Å². The number of fused-ring (bicyclic) bond motifs is 5. The zero-order chi connectivity index (χ0) is 44.7. The summed E-state index contributed by atoms with van der Waals surface area (Å²) in [5, 5.41) is 13.2. The molecule has 0 aromatic carbocycles. The molecule has 344 valence electrons. The molecule has 5 fully saturated rings. The van der Waals surface area contributed by atoms with Crippen LogP contribution in [0.5, 0.6) is 0 Å². The van der Waals surface area contributed by atoms with Crippen LogP contribution in [0.3, 0.4) is 0 Å². The van der Waals surface area contributed by atoms with E-state index in [1.807, 2.05) is 13.8 Å². The minimum absolute atomic E-state index is 0.00283. The van der Waals surface area contributed by atoms with Crippen molar-refractivity contribution in [2.24, 2.45) is 63.1 Å². The number of ketones is 1. The summed E-state index contributed by atoms with van der Waals surface area (Å²) in [7, 11) is 0. The number of carbonyl (C=O) groups is 4. The highest BCUT2D eigenvalue weighted by Gasteiger charge is 2.72. The van der Waals surface area contributed by atoms with Crippen molar-refractivity contribution in [3.63, 3.8) is 0 Å². The molecule has 0 aromatic rings. The van der Waals surface area contributed by atoms with Crippen LogP contribution in [0, 0.1) is 63.1 Å².